The van der Waals surface area contributed by atoms with E-state index in [9.17, 15) is 13.6 Å². The molecule has 2 N–H and O–H groups in total. The molecule has 0 bridgehead atoms. The highest BCUT2D eigenvalue weighted by Gasteiger charge is 2.18. The maximum atomic E-state index is 13.5. The molecule has 31 heavy (non-hydrogen) atoms. The van der Waals surface area contributed by atoms with Crippen LogP contribution in [0.3, 0.4) is 0 Å². The van der Waals surface area contributed by atoms with E-state index in [1.165, 1.54) is 13.2 Å². The molecular formula is C23H18F2N4O2. The fourth-order valence-electron chi connectivity index (χ4n) is 3.19. The van der Waals surface area contributed by atoms with Gasteiger partial charge in [-0.25, -0.2) is 8.78 Å². The Bertz CT molecular complexity index is 1270. The molecule has 0 aliphatic rings. The molecule has 0 spiro atoms. The van der Waals surface area contributed by atoms with E-state index >= 15 is 0 Å². The number of aromatic amines is 1. The molecule has 2 aromatic heterocycles. The van der Waals surface area contributed by atoms with Crippen molar-refractivity contribution in [3.8, 4) is 5.75 Å². The zero-order valence-electron chi connectivity index (χ0n) is 16.5. The normalized spacial score (nSPS) is 11.2. The molecule has 8 heteroatoms. The monoisotopic (exact) mass is 420 g/mol. The fourth-order valence-corrected chi connectivity index (χ4v) is 3.19. The summed E-state index contributed by atoms with van der Waals surface area (Å²) in [6.07, 6.45) is 6.63. The zero-order chi connectivity index (χ0) is 21.8. The number of H-pyrrole nitrogens is 1. The van der Waals surface area contributed by atoms with Crippen LogP contribution in [0, 0.1) is 11.6 Å². The number of amides is 1. The summed E-state index contributed by atoms with van der Waals surface area (Å²) in [6, 6.07) is 10.6. The minimum absolute atomic E-state index is 0.306. The van der Waals surface area contributed by atoms with Crippen LogP contribution in [0.2, 0.25) is 0 Å². The number of hydrogen-bond donors (Lipinski definition) is 2. The van der Waals surface area contributed by atoms with Gasteiger partial charge in [0.25, 0.3) is 5.91 Å². The van der Waals surface area contributed by atoms with Crippen LogP contribution < -0.4 is 10.1 Å². The first-order valence-corrected chi connectivity index (χ1v) is 9.42. The lowest BCUT2D eigenvalue weighted by atomic mass is 10.1. The fraction of sp³-hybridized carbons (Fsp3) is 0.0870. The van der Waals surface area contributed by atoms with Gasteiger partial charge in [0, 0.05) is 18.9 Å². The molecule has 0 saturated carbocycles. The number of rotatable bonds is 6. The number of halogens is 2. The van der Waals surface area contributed by atoms with Crippen molar-refractivity contribution >= 4 is 29.0 Å². The number of carbonyl (C=O) groups is 1. The van der Waals surface area contributed by atoms with Crippen molar-refractivity contribution in [3.63, 3.8) is 0 Å². The van der Waals surface area contributed by atoms with Crippen LogP contribution in [0.1, 0.15) is 27.2 Å². The number of pyridine rings is 1. The molecule has 0 unspecified atom stereocenters. The number of nitrogens with zero attached hydrogens (tertiary/aromatic N) is 2. The van der Waals surface area contributed by atoms with Gasteiger partial charge in [0.05, 0.1) is 29.3 Å². The third-order valence-electron chi connectivity index (χ3n) is 4.71. The first-order valence-electron chi connectivity index (χ1n) is 9.42. The second-order valence-corrected chi connectivity index (χ2v) is 6.73. The van der Waals surface area contributed by atoms with E-state index in [-0.39, 0.29) is 5.91 Å². The van der Waals surface area contributed by atoms with Crippen LogP contribution in [0.4, 0.5) is 8.78 Å². The molecule has 6 nitrogen and oxygen atoms in total. The molecule has 0 radical (unpaired) electrons. The Morgan fingerprint density at radius 2 is 2.03 bits per heavy atom. The number of carbonyl (C=O) groups excluding carboxylic acids is 1. The van der Waals surface area contributed by atoms with Gasteiger partial charge < -0.3 is 10.1 Å². The Kier molecular flexibility index (Phi) is 5.70. The van der Waals surface area contributed by atoms with Gasteiger partial charge in [0.2, 0.25) is 0 Å². The van der Waals surface area contributed by atoms with E-state index < -0.39 is 11.6 Å². The van der Waals surface area contributed by atoms with E-state index in [0.29, 0.717) is 40.0 Å². The van der Waals surface area contributed by atoms with Gasteiger partial charge in [-0.3, -0.25) is 14.9 Å². The molecule has 0 atom stereocenters. The highest BCUT2D eigenvalue weighted by Crippen LogP contribution is 2.32. The summed E-state index contributed by atoms with van der Waals surface area (Å²) >= 11 is 0. The van der Waals surface area contributed by atoms with Crippen LogP contribution in [0.5, 0.6) is 5.75 Å². The Morgan fingerprint density at radius 1 is 1.16 bits per heavy atom. The number of hydrogen-bond acceptors (Lipinski definition) is 4. The van der Waals surface area contributed by atoms with Crippen LogP contribution in [-0.2, 0) is 6.54 Å². The molecule has 0 saturated heterocycles. The van der Waals surface area contributed by atoms with Crippen LogP contribution in [-0.4, -0.2) is 28.2 Å². The lowest BCUT2D eigenvalue weighted by Crippen LogP contribution is -2.23. The van der Waals surface area contributed by atoms with E-state index in [4.69, 9.17) is 4.74 Å². The Morgan fingerprint density at radius 3 is 2.77 bits per heavy atom. The van der Waals surface area contributed by atoms with Crippen molar-refractivity contribution in [2.75, 3.05) is 7.11 Å². The van der Waals surface area contributed by atoms with Crippen LogP contribution in [0.15, 0.2) is 54.9 Å². The number of nitrogens with one attached hydrogen (secondary N) is 2. The summed E-state index contributed by atoms with van der Waals surface area (Å²) < 4.78 is 32.1. The third-order valence-corrected chi connectivity index (χ3v) is 4.71. The maximum absolute atomic E-state index is 13.5. The van der Waals surface area contributed by atoms with E-state index in [2.05, 4.69) is 20.5 Å². The third kappa shape index (κ3) is 4.28. The van der Waals surface area contributed by atoms with Gasteiger partial charge in [-0.05, 0) is 47.5 Å². The summed E-state index contributed by atoms with van der Waals surface area (Å²) in [4.78, 5) is 16.8. The average Bonchev–Trinajstić information content (AvgIpc) is 3.21. The first-order chi connectivity index (χ1) is 15.1. The predicted molar refractivity (Wildman–Crippen MR) is 113 cm³/mol. The largest absolute Gasteiger partial charge is 0.495 e. The molecule has 1 amide bonds. The lowest BCUT2D eigenvalue weighted by molar-refractivity contribution is 0.0948. The first kappa shape index (κ1) is 20.2. The molecule has 2 aromatic carbocycles. The van der Waals surface area contributed by atoms with E-state index in [0.717, 1.165) is 17.7 Å². The minimum atomic E-state index is -0.929. The molecule has 0 aliphatic heterocycles. The molecule has 2 heterocycles. The highest BCUT2D eigenvalue weighted by molar-refractivity contribution is 6.05. The van der Waals surface area contributed by atoms with Crippen molar-refractivity contribution in [3.05, 3.63) is 88.9 Å². The second kappa shape index (κ2) is 8.74. The van der Waals surface area contributed by atoms with Crippen molar-refractivity contribution < 1.29 is 18.3 Å². The van der Waals surface area contributed by atoms with Crippen molar-refractivity contribution in [2.45, 2.75) is 6.54 Å². The number of ether oxygens (including phenoxy) is 1. The van der Waals surface area contributed by atoms with Crippen molar-refractivity contribution in [1.82, 2.24) is 20.5 Å². The van der Waals surface area contributed by atoms with E-state index in [1.807, 2.05) is 6.07 Å². The van der Waals surface area contributed by atoms with Gasteiger partial charge in [-0.15, -0.1) is 0 Å². The summed E-state index contributed by atoms with van der Waals surface area (Å²) in [5.41, 5.74) is 2.87. The molecular weight excluding hydrogens is 402 g/mol. The quantitative estimate of drug-likeness (QED) is 0.486. The summed E-state index contributed by atoms with van der Waals surface area (Å²) in [5, 5.41) is 10.6. The number of aromatic nitrogens is 3. The van der Waals surface area contributed by atoms with E-state index in [1.54, 1.807) is 42.7 Å². The SMILES string of the molecule is COc1c(C(=O)NCc2cccnc2)ccc2n[nH]c(/C=C/c3ccc(F)c(F)c3)c12. The minimum Gasteiger partial charge on any atom is -0.495 e. The highest BCUT2D eigenvalue weighted by atomic mass is 19.2. The number of fused-ring (bicyclic) bond motifs is 1. The number of benzene rings is 2. The molecule has 4 rings (SSSR count). The van der Waals surface area contributed by atoms with Gasteiger partial charge >= 0.3 is 0 Å². The van der Waals surface area contributed by atoms with Crippen LogP contribution >= 0.6 is 0 Å². The Labute approximate surface area is 176 Å². The smallest absolute Gasteiger partial charge is 0.255 e. The van der Waals surface area contributed by atoms with Gasteiger partial charge in [0.15, 0.2) is 11.6 Å². The molecule has 0 fully saturated rings. The zero-order valence-corrected chi connectivity index (χ0v) is 16.5. The Hall–Kier alpha value is -4.07. The predicted octanol–water partition coefficient (Wildman–Crippen LogP) is 4.35. The lowest BCUT2D eigenvalue weighted by Gasteiger charge is -2.11. The molecule has 0 aliphatic carbocycles. The molecule has 4 aromatic rings. The topological polar surface area (TPSA) is 79.9 Å². The van der Waals surface area contributed by atoms with Crippen LogP contribution in [0.25, 0.3) is 23.1 Å². The number of methoxy groups -OCH3 is 1. The Balaban J connectivity index is 1.65. The van der Waals surface area contributed by atoms with Gasteiger partial charge in [-0.1, -0.05) is 18.2 Å². The summed E-state index contributed by atoms with van der Waals surface area (Å²) in [5.74, 6) is -1.78. The summed E-state index contributed by atoms with van der Waals surface area (Å²) in [7, 11) is 1.47. The average molecular weight is 420 g/mol. The standard InChI is InChI=1S/C23H18F2N4O2/c1-31-22-16(23(30)27-13-15-3-2-10-26-12-15)6-9-20-21(22)19(28-29-20)8-5-14-4-7-17(24)18(25)11-14/h2-12H,13H2,1H3,(H,27,30)(H,28,29)/b8-5+. The molecule has 156 valence electrons. The van der Waals surface area contributed by atoms with Gasteiger partial charge in [0.1, 0.15) is 5.75 Å². The second-order valence-electron chi connectivity index (χ2n) is 6.73. The maximum Gasteiger partial charge on any atom is 0.255 e. The summed E-state index contributed by atoms with van der Waals surface area (Å²) in [6.45, 7) is 0.322. The van der Waals surface area contributed by atoms with Crippen molar-refractivity contribution in [2.24, 2.45) is 0 Å². The van der Waals surface area contributed by atoms with Gasteiger partial charge in [-0.2, -0.15) is 5.10 Å². The van der Waals surface area contributed by atoms with Crippen molar-refractivity contribution in [1.29, 1.82) is 0 Å².